The number of aryl methyl sites for hydroxylation is 1. The summed E-state index contributed by atoms with van der Waals surface area (Å²) < 4.78 is 7.70. The predicted octanol–water partition coefficient (Wildman–Crippen LogP) is 3.88. The van der Waals surface area contributed by atoms with Crippen LogP contribution >= 0.6 is 0 Å². The topological polar surface area (TPSA) is 80.1 Å². The number of hydrogen-bond donors (Lipinski definition) is 2. The van der Waals surface area contributed by atoms with Gasteiger partial charge in [0.05, 0.1) is 24.1 Å². The van der Waals surface area contributed by atoms with E-state index in [-0.39, 0.29) is 6.10 Å². The molecule has 0 spiro atoms. The van der Waals surface area contributed by atoms with Crippen molar-refractivity contribution in [3.8, 4) is 22.5 Å². The minimum atomic E-state index is 0.115. The maximum atomic E-state index is 5.88. The van der Waals surface area contributed by atoms with Crippen LogP contribution in [0.25, 0.3) is 28.2 Å². The van der Waals surface area contributed by atoms with Crippen LogP contribution in [0.1, 0.15) is 42.6 Å². The van der Waals surface area contributed by atoms with Crippen molar-refractivity contribution in [2.24, 2.45) is 0 Å². The van der Waals surface area contributed by atoms with E-state index in [1.165, 1.54) is 11.1 Å². The molecule has 5 rings (SSSR count). The van der Waals surface area contributed by atoms with Crippen molar-refractivity contribution >= 4 is 5.65 Å². The Hall–Kier alpha value is -3.03. The molecule has 1 saturated heterocycles. The molecule has 0 aliphatic carbocycles. The number of ether oxygens (including phenoxy) is 1. The van der Waals surface area contributed by atoms with Crippen molar-refractivity contribution < 1.29 is 4.74 Å². The highest BCUT2D eigenvalue weighted by Crippen LogP contribution is 2.36. The molecule has 4 heterocycles. The Morgan fingerprint density at radius 2 is 2.00 bits per heavy atom. The quantitative estimate of drug-likeness (QED) is 0.542. The van der Waals surface area contributed by atoms with Gasteiger partial charge in [0.2, 0.25) is 0 Å². The Kier molecular flexibility index (Phi) is 4.84. The summed E-state index contributed by atoms with van der Waals surface area (Å²) >= 11 is 0. The molecule has 0 saturated carbocycles. The van der Waals surface area contributed by atoms with Crippen LogP contribution < -0.4 is 5.32 Å². The van der Waals surface area contributed by atoms with Gasteiger partial charge in [0, 0.05) is 36.0 Å². The lowest BCUT2D eigenvalue weighted by atomic mass is 9.93. The number of fused-ring (bicyclic) bond motifs is 1. The average Bonchev–Trinajstić information content (AvgIpc) is 3.42. The first-order valence-corrected chi connectivity index (χ1v) is 10.4. The van der Waals surface area contributed by atoms with Crippen LogP contribution in [0.2, 0.25) is 0 Å². The van der Waals surface area contributed by atoms with Gasteiger partial charge in [0.15, 0.2) is 5.65 Å². The lowest BCUT2D eigenvalue weighted by Crippen LogP contribution is -2.33. The maximum Gasteiger partial charge on any atom is 0.158 e. The largest absolute Gasteiger partial charge is 0.371 e. The number of rotatable bonds is 4. The first kappa shape index (κ1) is 19.0. The van der Waals surface area contributed by atoms with Gasteiger partial charge in [-0.1, -0.05) is 38.1 Å². The van der Waals surface area contributed by atoms with Crippen LogP contribution in [-0.2, 0) is 4.74 Å². The van der Waals surface area contributed by atoms with Gasteiger partial charge in [0.1, 0.15) is 6.33 Å². The van der Waals surface area contributed by atoms with Gasteiger partial charge in [-0.15, -0.1) is 0 Å². The summed E-state index contributed by atoms with van der Waals surface area (Å²) in [6, 6.07) is 10.7. The lowest BCUT2D eigenvalue weighted by molar-refractivity contribution is 0.0277. The normalized spacial score (nSPS) is 17.1. The predicted molar refractivity (Wildman–Crippen MR) is 116 cm³/mol. The van der Waals surface area contributed by atoms with Crippen LogP contribution in [0.3, 0.4) is 0 Å². The van der Waals surface area contributed by atoms with Crippen LogP contribution in [0.4, 0.5) is 0 Å². The van der Waals surface area contributed by atoms with Crippen molar-refractivity contribution in [3.05, 3.63) is 59.5 Å². The van der Waals surface area contributed by atoms with E-state index in [4.69, 9.17) is 9.84 Å². The van der Waals surface area contributed by atoms with E-state index in [0.717, 1.165) is 53.4 Å². The second-order valence-electron chi connectivity index (χ2n) is 8.14. The molecule has 0 unspecified atom stereocenters. The smallest absolute Gasteiger partial charge is 0.158 e. The van der Waals surface area contributed by atoms with E-state index in [2.05, 4.69) is 71.6 Å². The molecule has 1 aliphatic rings. The van der Waals surface area contributed by atoms with Gasteiger partial charge in [-0.05, 0) is 30.0 Å². The van der Waals surface area contributed by atoms with Crippen molar-refractivity contribution in [2.45, 2.75) is 32.8 Å². The highest BCUT2D eigenvalue weighted by atomic mass is 16.5. The van der Waals surface area contributed by atoms with Gasteiger partial charge in [-0.3, -0.25) is 5.10 Å². The summed E-state index contributed by atoms with van der Waals surface area (Å²) in [5.41, 5.74) is 8.55. The number of hydrogen-bond acceptors (Lipinski definition) is 5. The highest BCUT2D eigenvalue weighted by molar-refractivity contribution is 5.75. The Morgan fingerprint density at radius 3 is 2.73 bits per heavy atom. The number of benzene rings is 1. The van der Waals surface area contributed by atoms with Crippen molar-refractivity contribution in [3.63, 3.8) is 0 Å². The van der Waals surface area contributed by atoms with Crippen molar-refractivity contribution in [1.82, 2.24) is 30.1 Å². The molecule has 0 radical (unpaired) electrons. The van der Waals surface area contributed by atoms with Crippen molar-refractivity contribution in [2.75, 3.05) is 19.7 Å². The van der Waals surface area contributed by atoms with Gasteiger partial charge < -0.3 is 10.1 Å². The summed E-state index contributed by atoms with van der Waals surface area (Å²) in [4.78, 5) is 4.32. The number of nitrogens with one attached hydrogen (secondary N) is 2. The van der Waals surface area contributed by atoms with E-state index >= 15 is 0 Å². The molecule has 154 valence electrons. The fourth-order valence-electron chi connectivity index (χ4n) is 4.22. The zero-order valence-electron chi connectivity index (χ0n) is 17.5. The first-order chi connectivity index (χ1) is 14.6. The van der Waals surface area contributed by atoms with Gasteiger partial charge >= 0.3 is 0 Å². The van der Waals surface area contributed by atoms with Gasteiger partial charge in [-0.2, -0.15) is 10.2 Å². The second kappa shape index (κ2) is 7.66. The molecule has 3 aromatic heterocycles. The van der Waals surface area contributed by atoms with E-state index in [9.17, 15) is 0 Å². The molecule has 2 N–H and O–H groups in total. The molecule has 7 heteroatoms. The summed E-state index contributed by atoms with van der Waals surface area (Å²) in [5.74, 6) is 0.311. The Labute approximate surface area is 175 Å². The molecule has 30 heavy (non-hydrogen) atoms. The molecule has 1 atom stereocenters. The SMILES string of the molecule is Cc1cc(-c2[nH]nc(-c3ccc([C@@H]4CNCCO4)cc3)c2C(C)C)cn2ncnc12. The molecule has 4 aromatic rings. The first-order valence-electron chi connectivity index (χ1n) is 10.4. The van der Waals surface area contributed by atoms with E-state index in [0.29, 0.717) is 5.92 Å². The average molecular weight is 403 g/mol. The van der Waals surface area contributed by atoms with E-state index in [1.54, 1.807) is 6.33 Å². The summed E-state index contributed by atoms with van der Waals surface area (Å²) in [6.07, 6.45) is 3.71. The Morgan fingerprint density at radius 1 is 1.17 bits per heavy atom. The van der Waals surface area contributed by atoms with E-state index in [1.807, 2.05) is 10.7 Å². The molecule has 1 aliphatic heterocycles. The molecule has 1 aromatic carbocycles. The molecule has 0 bridgehead atoms. The molecule has 7 nitrogen and oxygen atoms in total. The van der Waals surface area contributed by atoms with Crippen LogP contribution in [0, 0.1) is 6.92 Å². The minimum absolute atomic E-state index is 0.115. The Bertz CT molecular complexity index is 1170. The highest BCUT2D eigenvalue weighted by Gasteiger charge is 2.21. The molecular formula is C23H26N6O. The van der Waals surface area contributed by atoms with E-state index < -0.39 is 0 Å². The number of nitrogens with zero attached hydrogens (tertiary/aromatic N) is 4. The number of morpholine rings is 1. The zero-order valence-corrected chi connectivity index (χ0v) is 17.5. The number of aromatic nitrogens is 5. The fraction of sp³-hybridized carbons (Fsp3) is 0.348. The third-order valence-electron chi connectivity index (χ3n) is 5.71. The van der Waals surface area contributed by atoms with Gasteiger partial charge in [-0.25, -0.2) is 9.50 Å². The summed E-state index contributed by atoms with van der Waals surface area (Å²) in [5, 5.41) is 15.7. The second-order valence-corrected chi connectivity index (χ2v) is 8.14. The maximum absolute atomic E-state index is 5.88. The summed E-state index contributed by atoms with van der Waals surface area (Å²) in [7, 11) is 0. The zero-order chi connectivity index (χ0) is 20.7. The number of aromatic amines is 1. The third kappa shape index (κ3) is 3.30. The minimum Gasteiger partial charge on any atom is -0.371 e. The fourth-order valence-corrected chi connectivity index (χ4v) is 4.22. The number of pyridine rings is 1. The number of H-pyrrole nitrogens is 1. The van der Waals surface area contributed by atoms with Crippen LogP contribution in [-0.4, -0.2) is 44.5 Å². The van der Waals surface area contributed by atoms with Crippen LogP contribution in [0.5, 0.6) is 0 Å². The lowest BCUT2D eigenvalue weighted by Gasteiger charge is -2.24. The van der Waals surface area contributed by atoms with Crippen molar-refractivity contribution in [1.29, 1.82) is 0 Å². The molecule has 1 fully saturated rings. The molecular weight excluding hydrogens is 376 g/mol. The standard InChI is InChI=1S/C23H26N6O/c1-14(2)20-21(17-6-4-16(5-7-17)19-11-24-8-9-30-19)27-28-22(20)18-10-15(3)23-25-13-26-29(23)12-18/h4-7,10,12-14,19,24H,8-9,11H2,1-3H3,(H,27,28)/t19-/m0/s1. The Balaban J connectivity index is 1.54. The van der Waals surface area contributed by atoms with Gasteiger partial charge in [0.25, 0.3) is 0 Å². The monoisotopic (exact) mass is 402 g/mol. The third-order valence-corrected chi connectivity index (χ3v) is 5.71. The summed E-state index contributed by atoms with van der Waals surface area (Å²) in [6.45, 7) is 8.99. The molecule has 0 amide bonds. The van der Waals surface area contributed by atoms with Crippen LogP contribution in [0.15, 0.2) is 42.9 Å².